The van der Waals surface area contributed by atoms with Gasteiger partial charge in [0, 0.05) is 12.3 Å². The van der Waals surface area contributed by atoms with Gasteiger partial charge in [0.15, 0.2) is 0 Å². The fourth-order valence-corrected chi connectivity index (χ4v) is 2.63. The fourth-order valence-electron chi connectivity index (χ4n) is 1.97. The summed E-state index contributed by atoms with van der Waals surface area (Å²) in [5.41, 5.74) is 0. The lowest BCUT2D eigenvalue weighted by atomic mass is 9.86. The smallest absolute Gasteiger partial charge is 0.302 e. The molecule has 0 N–H and O–H groups in total. The SMILES string of the molecule is CC(=O)OC(CBr)C1CCCCC1. The van der Waals surface area contributed by atoms with Gasteiger partial charge in [-0.05, 0) is 18.8 Å². The average Bonchev–Trinajstić information content (AvgIpc) is 2.15. The maximum atomic E-state index is 10.8. The number of ether oxygens (including phenoxy) is 1. The van der Waals surface area contributed by atoms with Crippen LogP contribution in [0.15, 0.2) is 0 Å². The largest absolute Gasteiger partial charge is 0.461 e. The van der Waals surface area contributed by atoms with Crippen LogP contribution in [-0.2, 0) is 9.53 Å². The summed E-state index contributed by atoms with van der Waals surface area (Å²) in [7, 11) is 0. The van der Waals surface area contributed by atoms with Crippen molar-refractivity contribution < 1.29 is 9.53 Å². The fraction of sp³-hybridized carbons (Fsp3) is 0.900. The molecule has 1 fully saturated rings. The Hall–Kier alpha value is -0.0500. The highest BCUT2D eigenvalue weighted by Gasteiger charge is 2.24. The number of esters is 1. The summed E-state index contributed by atoms with van der Waals surface area (Å²) in [5, 5.41) is 0.775. The zero-order chi connectivity index (χ0) is 9.68. The maximum Gasteiger partial charge on any atom is 0.302 e. The molecule has 0 radical (unpaired) electrons. The summed E-state index contributed by atoms with van der Waals surface area (Å²) in [4.78, 5) is 10.8. The van der Waals surface area contributed by atoms with Crippen LogP contribution in [0.25, 0.3) is 0 Å². The van der Waals surface area contributed by atoms with E-state index in [1.165, 1.54) is 39.0 Å². The van der Waals surface area contributed by atoms with Crippen LogP contribution >= 0.6 is 15.9 Å². The summed E-state index contributed by atoms with van der Waals surface area (Å²) < 4.78 is 5.25. The summed E-state index contributed by atoms with van der Waals surface area (Å²) in [6, 6.07) is 0. The number of rotatable bonds is 3. The second-order valence-corrected chi connectivity index (χ2v) is 4.35. The molecule has 1 aliphatic carbocycles. The highest BCUT2D eigenvalue weighted by atomic mass is 79.9. The molecule has 0 aromatic carbocycles. The normalized spacial score (nSPS) is 21.1. The van der Waals surface area contributed by atoms with E-state index < -0.39 is 0 Å². The first-order valence-electron chi connectivity index (χ1n) is 4.97. The van der Waals surface area contributed by atoms with Gasteiger partial charge < -0.3 is 4.74 Å². The number of carbonyl (C=O) groups is 1. The van der Waals surface area contributed by atoms with Crippen molar-refractivity contribution >= 4 is 21.9 Å². The molecule has 2 nitrogen and oxygen atoms in total. The van der Waals surface area contributed by atoms with E-state index in [0.29, 0.717) is 5.92 Å². The van der Waals surface area contributed by atoms with Gasteiger partial charge in [-0.25, -0.2) is 0 Å². The predicted molar refractivity (Wildman–Crippen MR) is 55.9 cm³/mol. The lowest BCUT2D eigenvalue weighted by Gasteiger charge is -2.28. The van der Waals surface area contributed by atoms with Gasteiger partial charge in [-0.15, -0.1) is 0 Å². The molecule has 3 heteroatoms. The third kappa shape index (κ3) is 3.67. The molecule has 0 saturated heterocycles. The highest BCUT2D eigenvalue weighted by Crippen LogP contribution is 2.28. The quantitative estimate of drug-likeness (QED) is 0.567. The van der Waals surface area contributed by atoms with Crippen LogP contribution in [-0.4, -0.2) is 17.4 Å². The second kappa shape index (κ2) is 5.63. The van der Waals surface area contributed by atoms with Crippen LogP contribution in [0, 0.1) is 5.92 Å². The Labute approximate surface area is 88.2 Å². The number of hydrogen-bond donors (Lipinski definition) is 0. The highest BCUT2D eigenvalue weighted by molar-refractivity contribution is 9.09. The summed E-state index contributed by atoms with van der Waals surface area (Å²) in [5.74, 6) is 0.423. The van der Waals surface area contributed by atoms with Crippen molar-refractivity contribution in [1.29, 1.82) is 0 Å². The van der Waals surface area contributed by atoms with E-state index >= 15 is 0 Å². The molecule has 0 bridgehead atoms. The van der Waals surface area contributed by atoms with Gasteiger partial charge in [-0.1, -0.05) is 35.2 Å². The van der Waals surface area contributed by atoms with Crippen molar-refractivity contribution in [3.8, 4) is 0 Å². The Bertz CT molecular complexity index is 164. The van der Waals surface area contributed by atoms with Crippen molar-refractivity contribution in [2.75, 3.05) is 5.33 Å². The lowest BCUT2D eigenvalue weighted by molar-refractivity contribution is -0.148. The van der Waals surface area contributed by atoms with Gasteiger partial charge in [-0.2, -0.15) is 0 Å². The number of halogens is 1. The summed E-state index contributed by atoms with van der Waals surface area (Å²) in [6.45, 7) is 1.48. The zero-order valence-electron chi connectivity index (χ0n) is 8.09. The standard InChI is InChI=1S/C10H17BrO2/c1-8(12)13-10(7-11)9-5-3-2-4-6-9/h9-10H,2-7H2,1H3. The van der Waals surface area contributed by atoms with Crippen LogP contribution in [0.3, 0.4) is 0 Å². The third-order valence-corrected chi connectivity index (χ3v) is 3.28. The molecule has 13 heavy (non-hydrogen) atoms. The first-order valence-corrected chi connectivity index (χ1v) is 6.09. The Kier molecular flexibility index (Phi) is 4.78. The van der Waals surface area contributed by atoms with Crippen LogP contribution in [0.4, 0.5) is 0 Å². The average molecular weight is 249 g/mol. The van der Waals surface area contributed by atoms with Crippen molar-refractivity contribution in [2.45, 2.75) is 45.1 Å². The van der Waals surface area contributed by atoms with E-state index in [-0.39, 0.29) is 12.1 Å². The monoisotopic (exact) mass is 248 g/mol. The van der Waals surface area contributed by atoms with Crippen molar-refractivity contribution in [3.63, 3.8) is 0 Å². The Morgan fingerprint density at radius 2 is 2.08 bits per heavy atom. The molecule has 76 valence electrons. The van der Waals surface area contributed by atoms with E-state index in [1.54, 1.807) is 0 Å². The van der Waals surface area contributed by atoms with Gasteiger partial charge in [0.05, 0.1) is 0 Å². The molecule has 1 aliphatic rings. The molecule has 1 unspecified atom stereocenters. The molecule has 0 spiro atoms. The van der Waals surface area contributed by atoms with Crippen molar-refractivity contribution in [2.24, 2.45) is 5.92 Å². The van der Waals surface area contributed by atoms with E-state index in [9.17, 15) is 4.79 Å². The van der Waals surface area contributed by atoms with Gasteiger partial charge in [0.25, 0.3) is 0 Å². The first-order chi connectivity index (χ1) is 6.24. The van der Waals surface area contributed by atoms with Crippen LogP contribution in [0.5, 0.6) is 0 Å². The van der Waals surface area contributed by atoms with E-state index in [0.717, 1.165) is 5.33 Å². The molecule has 1 rings (SSSR count). The van der Waals surface area contributed by atoms with Crippen molar-refractivity contribution in [3.05, 3.63) is 0 Å². The minimum atomic E-state index is -0.157. The summed E-state index contributed by atoms with van der Waals surface area (Å²) >= 11 is 3.40. The first kappa shape index (κ1) is 11.0. The van der Waals surface area contributed by atoms with Crippen LogP contribution < -0.4 is 0 Å². The molecule has 0 amide bonds. The topological polar surface area (TPSA) is 26.3 Å². The molecular formula is C10H17BrO2. The summed E-state index contributed by atoms with van der Waals surface area (Å²) in [6.07, 6.45) is 6.43. The molecular weight excluding hydrogens is 232 g/mol. The maximum absolute atomic E-state index is 10.8. The van der Waals surface area contributed by atoms with Gasteiger partial charge in [0.1, 0.15) is 6.10 Å². The molecule has 0 aliphatic heterocycles. The number of carbonyl (C=O) groups excluding carboxylic acids is 1. The molecule has 1 saturated carbocycles. The molecule has 0 heterocycles. The second-order valence-electron chi connectivity index (χ2n) is 3.70. The van der Waals surface area contributed by atoms with Gasteiger partial charge >= 0.3 is 5.97 Å². The Morgan fingerprint density at radius 3 is 2.54 bits per heavy atom. The number of hydrogen-bond acceptors (Lipinski definition) is 2. The van der Waals surface area contributed by atoms with E-state index in [2.05, 4.69) is 15.9 Å². The van der Waals surface area contributed by atoms with Crippen LogP contribution in [0.2, 0.25) is 0 Å². The van der Waals surface area contributed by atoms with Crippen molar-refractivity contribution in [1.82, 2.24) is 0 Å². The minimum Gasteiger partial charge on any atom is -0.461 e. The Morgan fingerprint density at radius 1 is 1.46 bits per heavy atom. The molecule has 0 aromatic heterocycles. The predicted octanol–water partition coefficient (Wildman–Crippen LogP) is 2.89. The van der Waals surface area contributed by atoms with Gasteiger partial charge in [-0.3, -0.25) is 4.79 Å². The molecule has 0 aromatic rings. The minimum absolute atomic E-state index is 0.0952. The number of alkyl halides is 1. The van der Waals surface area contributed by atoms with Gasteiger partial charge in [0.2, 0.25) is 0 Å². The lowest BCUT2D eigenvalue weighted by Crippen LogP contribution is -2.29. The van der Waals surface area contributed by atoms with E-state index in [1.807, 2.05) is 0 Å². The third-order valence-electron chi connectivity index (χ3n) is 2.65. The molecule has 1 atom stereocenters. The van der Waals surface area contributed by atoms with Crippen LogP contribution in [0.1, 0.15) is 39.0 Å². The zero-order valence-corrected chi connectivity index (χ0v) is 9.68. The van der Waals surface area contributed by atoms with E-state index in [4.69, 9.17) is 4.74 Å². The Balaban J connectivity index is 2.39.